The molecule has 0 aliphatic heterocycles. The van der Waals surface area contributed by atoms with E-state index in [4.69, 9.17) is 16.3 Å². The topological polar surface area (TPSA) is 75.7 Å². The number of nitrogens with zero attached hydrogens (tertiary/aromatic N) is 1. The number of para-hydroxylation sites is 1. The van der Waals surface area contributed by atoms with Gasteiger partial charge in [-0.3, -0.25) is 9.10 Å². The number of amides is 1. The average molecular weight is 459 g/mol. The van der Waals surface area contributed by atoms with Crippen molar-refractivity contribution in [2.24, 2.45) is 0 Å². The highest BCUT2D eigenvalue weighted by molar-refractivity contribution is 7.92. The number of rotatable bonds is 9. The van der Waals surface area contributed by atoms with Crippen molar-refractivity contribution in [1.82, 2.24) is 5.32 Å². The van der Waals surface area contributed by atoms with E-state index in [1.807, 2.05) is 13.0 Å². The zero-order chi connectivity index (χ0) is 22.3. The Morgan fingerprint density at radius 3 is 2.42 bits per heavy atom. The molecule has 0 aromatic heterocycles. The van der Waals surface area contributed by atoms with Crippen LogP contribution in [0.4, 0.5) is 5.69 Å². The van der Waals surface area contributed by atoms with Crippen molar-refractivity contribution in [3.05, 3.63) is 89.4 Å². The van der Waals surface area contributed by atoms with E-state index in [1.165, 1.54) is 12.1 Å². The number of hydrogen-bond acceptors (Lipinski definition) is 4. The molecule has 0 heterocycles. The molecule has 0 spiro atoms. The molecular formula is C23H23ClN2O4S. The van der Waals surface area contributed by atoms with Crippen molar-refractivity contribution in [3.8, 4) is 5.75 Å². The molecule has 3 aromatic rings. The van der Waals surface area contributed by atoms with Crippen LogP contribution in [0.2, 0.25) is 5.02 Å². The molecule has 0 aliphatic rings. The highest BCUT2D eigenvalue weighted by Gasteiger charge is 2.27. The van der Waals surface area contributed by atoms with Gasteiger partial charge in [0.25, 0.3) is 10.0 Å². The molecule has 0 saturated heterocycles. The minimum absolute atomic E-state index is 0.117. The Bertz CT molecular complexity index is 1140. The number of ether oxygens (including phenoxy) is 1. The van der Waals surface area contributed by atoms with Crippen molar-refractivity contribution in [2.45, 2.75) is 11.8 Å². The number of halogens is 1. The predicted octanol–water partition coefficient (Wildman–Crippen LogP) is 4.04. The Kier molecular flexibility index (Phi) is 7.55. The summed E-state index contributed by atoms with van der Waals surface area (Å²) in [7, 11) is -3.92. The predicted molar refractivity (Wildman–Crippen MR) is 122 cm³/mol. The van der Waals surface area contributed by atoms with Gasteiger partial charge in [-0.05, 0) is 48.9 Å². The van der Waals surface area contributed by atoms with Crippen molar-refractivity contribution < 1.29 is 17.9 Å². The smallest absolute Gasteiger partial charge is 0.264 e. The maximum Gasteiger partial charge on any atom is 0.264 e. The Morgan fingerprint density at radius 1 is 1.00 bits per heavy atom. The van der Waals surface area contributed by atoms with E-state index in [0.717, 1.165) is 9.87 Å². The number of aryl methyl sites for hydroxylation is 1. The second-order valence-electron chi connectivity index (χ2n) is 6.79. The molecule has 0 aliphatic carbocycles. The summed E-state index contributed by atoms with van der Waals surface area (Å²) >= 11 is 6.04. The molecule has 3 rings (SSSR count). The van der Waals surface area contributed by atoms with Crippen LogP contribution < -0.4 is 14.4 Å². The van der Waals surface area contributed by atoms with Gasteiger partial charge in [-0.15, -0.1) is 0 Å². The van der Waals surface area contributed by atoms with Gasteiger partial charge >= 0.3 is 0 Å². The third kappa shape index (κ3) is 5.99. The number of sulfonamides is 1. The average Bonchev–Trinajstić information content (AvgIpc) is 2.76. The Labute approximate surface area is 187 Å². The summed E-state index contributed by atoms with van der Waals surface area (Å²) in [5, 5.41) is 3.18. The summed E-state index contributed by atoms with van der Waals surface area (Å²) < 4.78 is 33.1. The number of nitrogens with one attached hydrogen (secondary N) is 1. The molecule has 1 amide bonds. The van der Waals surface area contributed by atoms with Crippen LogP contribution >= 0.6 is 11.6 Å². The van der Waals surface area contributed by atoms with Crippen LogP contribution in [0, 0.1) is 6.92 Å². The fourth-order valence-corrected chi connectivity index (χ4v) is 4.54. The second-order valence-corrected chi connectivity index (χ2v) is 9.06. The Hall–Kier alpha value is -3.03. The summed E-state index contributed by atoms with van der Waals surface area (Å²) in [6.07, 6.45) is 0. The molecular weight excluding hydrogens is 436 g/mol. The molecule has 0 saturated carbocycles. The first kappa shape index (κ1) is 22.7. The summed E-state index contributed by atoms with van der Waals surface area (Å²) in [6, 6.07) is 22.1. The number of carbonyl (C=O) groups excluding carboxylic acids is 1. The van der Waals surface area contributed by atoms with Crippen LogP contribution in [0.1, 0.15) is 5.56 Å². The SMILES string of the molecule is Cc1cccc(N(CC(=O)NCCOc2ccccc2Cl)S(=O)(=O)c2ccccc2)c1. The lowest BCUT2D eigenvalue weighted by atomic mass is 10.2. The fourth-order valence-electron chi connectivity index (χ4n) is 2.92. The van der Waals surface area contributed by atoms with Crippen molar-refractivity contribution in [3.63, 3.8) is 0 Å². The normalized spacial score (nSPS) is 11.0. The first-order valence-electron chi connectivity index (χ1n) is 9.66. The zero-order valence-corrected chi connectivity index (χ0v) is 18.6. The van der Waals surface area contributed by atoms with Gasteiger partial charge in [-0.2, -0.15) is 0 Å². The highest BCUT2D eigenvalue weighted by atomic mass is 35.5. The third-order valence-electron chi connectivity index (χ3n) is 4.43. The molecule has 6 nitrogen and oxygen atoms in total. The molecule has 8 heteroatoms. The largest absolute Gasteiger partial charge is 0.490 e. The van der Waals surface area contributed by atoms with Crippen LogP contribution in [0.15, 0.2) is 83.8 Å². The lowest BCUT2D eigenvalue weighted by molar-refractivity contribution is -0.119. The van der Waals surface area contributed by atoms with E-state index in [9.17, 15) is 13.2 Å². The van der Waals surface area contributed by atoms with Crippen molar-refractivity contribution in [1.29, 1.82) is 0 Å². The fraction of sp³-hybridized carbons (Fsp3) is 0.174. The van der Waals surface area contributed by atoms with Crippen LogP contribution in [-0.4, -0.2) is 34.0 Å². The van der Waals surface area contributed by atoms with Crippen molar-refractivity contribution in [2.75, 3.05) is 24.0 Å². The first-order valence-corrected chi connectivity index (χ1v) is 11.5. The van der Waals surface area contributed by atoms with E-state index >= 15 is 0 Å². The van der Waals surface area contributed by atoms with Crippen LogP contribution in [-0.2, 0) is 14.8 Å². The minimum atomic E-state index is -3.92. The van der Waals surface area contributed by atoms with Gasteiger partial charge in [0, 0.05) is 0 Å². The molecule has 31 heavy (non-hydrogen) atoms. The lowest BCUT2D eigenvalue weighted by Gasteiger charge is -2.24. The Balaban J connectivity index is 1.70. The molecule has 0 atom stereocenters. The third-order valence-corrected chi connectivity index (χ3v) is 6.53. The standard InChI is InChI=1S/C23H23ClN2O4S/c1-18-8-7-9-19(16-18)26(31(28,29)20-10-3-2-4-11-20)17-23(27)25-14-15-30-22-13-6-5-12-21(22)24/h2-13,16H,14-15,17H2,1H3,(H,25,27). The zero-order valence-electron chi connectivity index (χ0n) is 17.0. The van der Waals surface area contributed by atoms with Gasteiger partial charge in [0.05, 0.1) is 22.2 Å². The molecule has 0 fully saturated rings. The van der Waals surface area contributed by atoms with E-state index in [0.29, 0.717) is 16.5 Å². The van der Waals surface area contributed by atoms with Gasteiger partial charge in [0.2, 0.25) is 5.91 Å². The number of carbonyl (C=O) groups is 1. The van der Waals surface area contributed by atoms with Gasteiger partial charge in [-0.1, -0.05) is 54.1 Å². The van der Waals surface area contributed by atoms with Gasteiger partial charge in [0.15, 0.2) is 0 Å². The summed E-state index contributed by atoms with van der Waals surface area (Å²) in [4.78, 5) is 12.7. The maximum absolute atomic E-state index is 13.2. The quantitative estimate of drug-likeness (QED) is 0.491. The van der Waals surface area contributed by atoms with E-state index in [1.54, 1.807) is 60.7 Å². The van der Waals surface area contributed by atoms with Crippen LogP contribution in [0.3, 0.4) is 0 Å². The van der Waals surface area contributed by atoms with E-state index in [2.05, 4.69) is 5.32 Å². The van der Waals surface area contributed by atoms with Gasteiger partial charge < -0.3 is 10.1 Å². The van der Waals surface area contributed by atoms with Crippen LogP contribution in [0.25, 0.3) is 0 Å². The molecule has 162 valence electrons. The van der Waals surface area contributed by atoms with E-state index < -0.39 is 15.9 Å². The summed E-state index contributed by atoms with van der Waals surface area (Å²) in [6.45, 7) is 1.91. The molecule has 0 radical (unpaired) electrons. The minimum Gasteiger partial charge on any atom is -0.490 e. The van der Waals surface area contributed by atoms with Gasteiger partial charge in [0.1, 0.15) is 18.9 Å². The molecule has 1 N–H and O–H groups in total. The maximum atomic E-state index is 13.2. The summed E-state index contributed by atoms with van der Waals surface area (Å²) in [5.41, 5.74) is 1.31. The molecule has 0 unspecified atom stereocenters. The second kappa shape index (κ2) is 10.3. The monoisotopic (exact) mass is 458 g/mol. The molecule has 3 aromatic carbocycles. The summed E-state index contributed by atoms with van der Waals surface area (Å²) in [5.74, 6) is 0.0789. The lowest BCUT2D eigenvalue weighted by Crippen LogP contribution is -2.42. The number of hydrogen-bond donors (Lipinski definition) is 1. The highest BCUT2D eigenvalue weighted by Crippen LogP contribution is 2.24. The van der Waals surface area contributed by atoms with Crippen molar-refractivity contribution >= 4 is 33.2 Å². The Morgan fingerprint density at radius 2 is 1.71 bits per heavy atom. The molecule has 0 bridgehead atoms. The van der Waals surface area contributed by atoms with Gasteiger partial charge in [-0.25, -0.2) is 8.42 Å². The number of benzene rings is 3. The van der Waals surface area contributed by atoms with E-state index in [-0.39, 0.29) is 24.6 Å². The number of anilines is 1. The van der Waals surface area contributed by atoms with Crippen LogP contribution in [0.5, 0.6) is 5.75 Å². The first-order chi connectivity index (χ1) is 14.9.